The molecule has 0 saturated carbocycles. The van der Waals surface area contributed by atoms with Crippen LogP contribution in [0.2, 0.25) is 0 Å². The van der Waals surface area contributed by atoms with Gasteiger partial charge in [-0.15, -0.1) is 5.92 Å². The maximum absolute atomic E-state index is 11.0. The van der Waals surface area contributed by atoms with Crippen LogP contribution in [0.1, 0.15) is 77.6 Å². The molecule has 0 aromatic carbocycles. The number of unbranched alkanes of at least 4 members (excludes halogenated alkanes) is 8. The van der Waals surface area contributed by atoms with E-state index in [1.807, 2.05) is 0 Å². The smallest absolute Gasteiger partial charge is 0.249 e. The highest BCUT2D eigenvalue weighted by atomic mass is 16.6. The van der Waals surface area contributed by atoms with Crippen molar-refractivity contribution >= 4 is 6.29 Å². The summed E-state index contributed by atoms with van der Waals surface area (Å²) in [5, 5.41) is 20.8. The topological polar surface area (TPSA) is 80.4 Å². The minimum atomic E-state index is -1.17. The van der Waals surface area contributed by atoms with Gasteiger partial charge >= 0.3 is 0 Å². The SMILES string of the molecule is CCCCCCC(C(O)C#CCCCCCCC=O)[N+](=O)[O-]. The van der Waals surface area contributed by atoms with Crippen LogP contribution in [0.15, 0.2) is 0 Å². The summed E-state index contributed by atoms with van der Waals surface area (Å²) in [6, 6.07) is -0.975. The molecule has 5 nitrogen and oxygen atoms in total. The summed E-state index contributed by atoms with van der Waals surface area (Å²) < 4.78 is 0. The van der Waals surface area contributed by atoms with Crippen molar-refractivity contribution < 1.29 is 14.8 Å². The molecule has 0 heterocycles. The van der Waals surface area contributed by atoms with E-state index in [1.54, 1.807) is 0 Å². The van der Waals surface area contributed by atoms with E-state index in [0.29, 0.717) is 19.3 Å². The van der Waals surface area contributed by atoms with Crippen LogP contribution >= 0.6 is 0 Å². The molecule has 2 atom stereocenters. The Bertz CT molecular complexity index is 359. The summed E-state index contributed by atoms with van der Waals surface area (Å²) in [7, 11) is 0. The van der Waals surface area contributed by atoms with Crippen LogP contribution in [0.5, 0.6) is 0 Å². The van der Waals surface area contributed by atoms with E-state index in [1.165, 1.54) is 0 Å². The van der Waals surface area contributed by atoms with Gasteiger partial charge in [0.05, 0.1) is 0 Å². The molecular formula is C17H29NO4. The average Bonchev–Trinajstić information content (AvgIpc) is 2.49. The van der Waals surface area contributed by atoms with Crippen molar-refractivity contribution in [2.75, 3.05) is 0 Å². The largest absolute Gasteiger partial charge is 0.374 e. The Hall–Kier alpha value is -1.41. The van der Waals surface area contributed by atoms with Crippen molar-refractivity contribution in [3.63, 3.8) is 0 Å². The van der Waals surface area contributed by atoms with Gasteiger partial charge in [0.2, 0.25) is 6.04 Å². The summed E-state index contributed by atoms with van der Waals surface area (Å²) in [5.41, 5.74) is 0. The molecule has 0 saturated heterocycles. The van der Waals surface area contributed by atoms with Gasteiger partial charge in [-0.25, -0.2) is 0 Å². The highest BCUT2D eigenvalue weighted by molar-refractivity contribution is 5.48. The van der Waals surface area contributed by atoms with E-state index in [4.69, 9.17) is 0 Å². The molecule has 0 radical (unpaired) electrons. The van der Waals surface area contributed by atoms with E-state index in [-0.39, 0.29) is 0 Å². The van der Waals surface area contributed by atoms with Gasteiger partial charge in [-0.1, -0.05) is 44.9 Å². The van der Waals surface area contributed by atoms with Crippen molar-refractivity contribution in [3.05, 3.63) is 10.1 Å². The van der Waals surface area contributed by atoms with Gasteiger partial charge < -0.3 is 9.90 Å². The molecule has 126 valence electrons. The van der Waals surface area contributed by atoms with Crippen LogP contribution in [-0.2, 0) is 4.79 Å². The third-order valence-electron chi connectivity index (χ3n) is 3.61. The lowest BCUT2D eigenvalue weighted by atomic mass is 10.0. The summed E-state index contributed by atoms with van der Waals surface area (Å²) in [5.74, 6) is 5.45. The standard InChI is InChI=1S/C17H29NO4/c1-2-3-4-10-13-16(18(21)22)17(20)14-11-8-6-5-7-9-12-15-19/h15-17,20H,2-10,12-13H2,1H3. The molecule has 5 heteroatoms. The molecule has 22 heavy (non-hydrogen) atoms. The normalized spacial score (nSPS) is 13.0. The number of nitrogens with zero attached hydrogens (tertiary/aromatic N) is 1. The predicted octanol–water partition coefficient (Wildman–Crippen LogP) is 3.51. The first-order valence-electron chi connectivity index (χ1n) is 8.37. The van der Waals surface area contributed by atoms with Crippen molar-refractivity contribution in [2.45, 2.75) is 89.7 Å². The molecular weight excluding hydrogens is 282 g/mol. The van der Waals surface area contributed by atoms with Crippen LogP contribution in [0.3, 0.4) is 0 Å². The molecule has 0 aliphatic heterocycles. The Morgan fingerprint density at radius 3 is 2.45 bits per heavy atom. The molecule has 0 aromatic heterocycles. The van der Waals surface area contributed by atoms with E-state index < -0.39 is 17.1 Å². The van der Waals surface area contributed by atoms with Crippen LogP contribution in [0, 0.1) is 22.0 Å². The summed E-state index contributed by atoms with van der Waals surface area (Å²) in [6.07, 6.45) is 9.04. The molecule has 0 aromatic rings. The lowest BCUT2D eigenvalue weighted by Gasteiger charge is -2.11. The first-order chi connectivity index (χ1) is 10.6. The molecule has 0 aliphatic rings. The second-order valence-corrected chi connectivity index (χ2v) is 5.59. The lowest BCUT2D eigenvalue weighted by Crippen LogP contribution is -2.32. The maximum Gasteiger partial charge on any atom is 0.249 e. The van der Waals surface area contributed by atoms with Gasteiger partial charge in [0.15, 0.2) is 6.10 Å². The van der Waals surface area contributed by atoms with Crippen LogP contribution in [0.4, 0.5) is 0 Å². The van der Waals surface area contributed by atoms with Gasteiger partial charge in [0.25, 0.3) is 0 Å². The number of carbonyl (C=O) groups is 1. The monoisotopic (exact) mass is 311 g/mol. The Labute approximate surface area is 133 Å². The van der Waals surface area contributed by atoms with E-state index in [2.05, 4.69) is 18.8 Å². The number of aliphatic hydroxyl groups is 1. The molecule has 0 rings (SSSR count). The molecule has 0 fully saturated rings. The summed E-state index contributed by atoms with van der Waals surface area (Å²) in [4.78, 5) is 20.7. The van der Waals surface area contributed by atoms with E-state index in [0.717, 1.165) is 57.7 Å². The first-order valence-corrected chi connectivity index (χ1v) is 8.37. The fraction of sp³-hybridized carbons (Fsp3) is 0.824. The van der Waals surface area contributed by atoms with Crippen molar-refractivity contribution in [1.29, 1.82) is 0 Å². The van der Waals surface area contributed by atoms with Crippen molar-refractivity contribution in [1.82, 2.24) is 0 Å². The van der Waals surface area contributed by atoms with E-state index in [9.17, 15) is 20.0 Å². The van der Waals surface area contributed by atoms with Crippen molar-refractivity contribution in [2.24, 2.45) is 0 Å². The zero-order chi connectivity index (χ0) is 16.6. The number of hydrogen-bond donors (Lipinski definition) is 1. The summed E-state index contributed by atoms with van der Waals surface area (Å²) in [6.45, 7) is 2.09. The molecule has 1 N–H and O–H groups in total. The van der Waals surface area contributed by atoms with Crippen LogP contribution < -0.4 is 0 Å². The minimum Gasteiger partial charge on any atom is -0.374 e. The maximum atomic E-state index is 11.0. The van der Waals surface area contributed by atoms with Gasteiger partial charge in [-0.2, -0.15) is 0 Å². The Morgan fingerprint density at radius 2 is 1.82 bits per heavy atom. The van der Waals surface area contributed by atoms with Gasteiger partial charge in [0.1, 0.15) is 6.29 Å². The molecule has 2 unspecified atom stereocenters. The highest BCUT2D eigenvalue weighted by Crippen LogP contribution is 2.11. The van der Waals surface area contributed by atoms with Crippen molar-refractivity contribution in [3.8, 4) is 11.8 Å². The summed E-state index contributed by atoms with van der Waals surface area (Å²) >= 11 is 0. The third-order valence-corrected chi connectivity index (χ3v) is 3.61. The van der Waals surface area contributed by atoms with Crippen LogP contribution in [-0.4, -0.2) is 28.5 Å². The van der Waals surface area contributed by atoms with Crippen LogP contribution in [0.25, 0.3) is 0 Å². The second kappa shape index (κ2) is 14.5. The third kappa shape index (κ3) is 11.3. The quantitative estimate of drug-likeness (QED) is 0.185. The number of aliphatic hydroxyl groups excluding tert-OH is 1. The Kier molecular flexibility index (Phi) is 13.6. The highest BCUT2D eigenvalue weighted by Gasteiger charge is 2.27. The fourth-order valence-electron chi connectivity index (χ4n) is 2.23. The Morgan fingerprint density at radius 1 is 1.14 bits per heavy atom. The van der Waals surface area contributed by atoms with E-state index >= 15 is 0 Å². The molecule has 0 aliphatic carbocycles. The zero-order valence-corrected chi connectivity index (χ0v) is 13.6. The number of rotatable bonds is 13. The lowest BCUT2D eigenvalue weighted by molar-refractivity contribution is -0.532. The van der Waals surface area contributed by atoms with Gasteiger partial charge in [0, 0.05) is 24.2 Å². The molecule has 0 amide bonds. The number of aldehydes is 1. The Balaban J connectivity index is 3.96. The first kappa shape index (κ1) is 20.6. The minimum absolute atomic E-state index is 0.383. The molecule has 0 spiro atoms. The molecule has 0 bridgehead atoms. The number of hydrogen-bond acceptors (Lipinski definition) is 4. The zero-order valence-electron chi connectivity index (χ0n) is 13.6. The fourth-order valence-corrected chi connectivity index (χ4v) is 2.23. The second-order valence-electron chi connectivity index (χ2n) is 5.59. The number of nitro groups is 1. The van der Waals surface area contributed by atoms with Gasteiger partial charge in [-0.05, 0) is 19.3 Å². The number of carbonyl (C=O) groups excluding carboxylic acids is 1. The average molecular weight is 311 g/mol. The predicted molar refractivity (Wildman–Crippen MR) is 87.1 cm³/mol. The van der Waals surface area contributed by atoms with Gasteiger partial charge in [-0.3, -0.25) is 10.1 Å².